The van der Waals surface area contributed by atoms with Gasteiger partial charge in [0.2, 0.25) is 5.91 Å². The predicted molar refractivity (Wildman–Crippen MR) is 75.7 cm³/mol. The number of aromatic nitrogens is 4. The average Bonchev–Trinajstić information content (AvgIpc) is 3.07. The molecule has 1 N–H and O–H groups in total. The Balaban J connectivity index is 1.65. The molecular weight excluding hydrogens is 311 g/mol. The van der Waals surface area contributed by atoms with Crippen molar-refractivity contribution in [1.82, 2.24) is 19.6 Å². The normalized spacial score (nSPS) is 15.0. The van der Waals surface area contributed by atoms with Crippen molar-refractivity contribution in [3.05, 3.63) is 29.7 Å². The first-order valence-electron chi connectivity index (χ1n) is 7.27. The minimum absolute atomic E-state index is 0.0370. The van der Waals surface area contributed by atoms with Crippen LogP contribution < -0.4 is 5.32 Å². The SMILES string of the molecule is Cn1ccc(NC(=O)CCn2nc(C(F)(F)F)cc2C2CC2)n1. The Labute approximate surface area is 130 Å². The second-order valence-corrected chi connectivity index (χ2v) is 5.62. The van der Waals surface area contributed by atoms with Gasteiger partial charge in [-0.25, -0.2) is 0 Å². The Morgan fingerprint density at radius 3 is 2.70 bits per heavy atom. The van der Waals surface area contributed by atoms with E-state index in [1.54, 1.807) is 24.0 Å². The molecule has 2 heterocycles. The molecule has 1 fully saturated rings. The molecule has 1 aliphatic rings. The van der Waals surface area contributed by atoms with Gasteiger partial charge in [-0.3, -0.25) is 14.2 Å². The van der Waals surface area contributed by atoms with Gasteiger partial charge in [-0.05, 0) is 18.9 Å². The molecule has 0 unspecified atom stereocenters. The van der Waals surface area contributed by atoms with Crippen LogP contribution in [0, 0.1) is 0 Å². The van der Waals surface area contributed by atoms with Gasteiger partial charge < -0.3 is 5.32 Å². The summed E-state index contributed by atoms with van der Waals surface area (Å²) in [7, 11) is 1.72. The van der Waals surface area contributed by atoms with Gasteiger partial charge in [0.15, 0.2) is 11.5 Å². The summed E-state index contributed by atoms with van der Waals surface area (Å²) < 4.78 is 41.2. The van der Waals surface area contributed by atoms with E-state index < -0.39 is 11.9 Å². The molecule has 0 atom stereocenters. The minimum atomic E-state index is -4.47. The molecule has 1 amide bonds. The summed E-state index contributed by atoms with van der Waals surface area (Å²) in [4.78, 5) is 11.9. The molecule has 124 valence electrons. The Morgan fingerprint density at radius 2 is 2.13 bits per heavy atom. The summed E-state index contributed by atoms with van der Waals surface area (Å²) >= 11 is 0. The Bertz CT molecular complexity index is 714. The number of carbonyl (C=O) groups excluding carboxylic acids is 1. The van der Waals surface area contributed by atoms with Gasteiger partial charge in [-0.1, -0.05) is 0 Å². The minimum Gasteiger partial charge on any atom is -0.309 e. The fraction of sp³-hybridized carbons (Fsp3) is 0.500. The summed E-state index contributed by atoms with van der Waals surface area (Å²) in [5.41, 5.74) is -0.340. The predicted octanol–water partition coefficient (Wildman–Crippen LogP) is 2.54. The van der Waals surface area contributed by atoms with Crippen molar-refractivity contribution in [3.63, 3.8) is 0 Å². The van der Waals surface area contributed by atoms with Gasteiger partial charge in [0.25, 0.3) is 0 Å². The molecule has 0 bridgehead atoms. The lowest BCUT2D eigenvalue weighted by Gasteiger charge is -2.06. The maximum absolute atomic E-state index is 12.8. The summed E-state index contributed by atoms with van der Waals surface area (Å²) in [6.45, 7) is 0.112. The zero-order valence-electron chi connectivity index (χ0n) is 12.5. The average molecular weight is 327 g/mol. The second kappa shape index (κ2) is 5.71. The van der Waals surface area contributed by atoms with E-state index in [0.717, 1.165) is 18.9 Å². The van der Waals surface area contributed by atoms with Gasteiger partial charge in [-0.15, -0.1) is 0 Å². The third-order valence-electron chi connectivity index (χ3n) is 3.63. The van der Waals surface area contributed by atoms with Crippen molar-refractivity contribution in [2.75, 3.05) is 5.32 Å². The van der Waals surface area contributed by atoms with Crippen LogP contribution in [0.5, 0.6) is 0 Å². The van der Waals surface area contributed by atoms with Crippen molar-refractivity contribution in [2.45, 2.75) is 37.9 Å². The highest BCUT2D eigenvalue weighted by atomic mass is 19.4. The number of carbonyl (C=O) groups is 1. The van der Waals surface area contributed by atoms with Gasteiger partial charge in [0.05, 0.1) is 0 Å². The first-order valence-corrected chi connectivity index (χ1v) is 7.27. The van der Waals surface area contributed by atoms with Crippen molar-refractivity contribution in [1.29, 1.82) is 0 Å². The summed E-state index contributed by atoms with van der Waals surface area (Å²) in [5, 5.41) is 10.2. The number of hydrogen-bond acceptors (Lipinski definition) is 3. The van der Waals surface area contributed by atoms with Gasteiger partial charge >= 0.3 is 6.18 Å². The smallest absolute Gasteiger partial charge is 0.309 e. The first-order chi connectivity index (χ1) is 10.8. The highest BCUT2D eigenvalue weighted by molar-refractivity contribution is 5.89. The molecule has 0 aliphatic heterocycles. The topological polar surface area (TPSA) is 64.7 Å². The van der Waals surface area contributed by atoms with Crippen molar-refractivity contribution < 1.29 is 18.0 Å². The van der Waals surface area contributed by atoms with Crippen LogP contribution in [0.15, 0.2) is 18.3 Å². The fourth-order valence-corrected chi connectivity index (χ4v) is 2.35. The van der Waals surface area contributed by atoms with E-state index in [9.17, 15) is 18.0 Å². The maximum Gasteiger partial charge on any atom is 0.435 e. The summed E-state index contributed by atoms with van der Waals surface area (Å²) in [6.07, 6.45) is -1.02. The lowest BCUT2D eigenvalue weighted by atomic mass is 10.2. The monoisotopic (exact) mass is 327 g/mol. The van der Waals surface area contributed by atoms with Gasteiger partial charge in [0, 0.05) is 43.9 Å². The standard InChI is InChI=1S/C14H16F3N5O/c1-21-6-4-12(20-21)18-13(23)5-7-22-10(9-2-3-9)8-11(19-22)14(15,16)17/h4,6,8-9H,2-3,5,7H2,1H3,(H,18,20,23). The number of hydrogen-bond donors (Lipinski definition) is 1. The lowest BCUT2D eigenvalue weighted by molar-refractivity contribution is -0.141. The highest BCUT2D eigenvalue weighted by Gasteiger charge is 2.37. The second-order valence-electron chi connectivity index (χ2n) is 5.62. The molecule has 23 heavy (non-hydrogen) atoms. The zero-order chi connectivity index (χ0) is 16.6. The van der Waals surface area contributed by atoms with Crippen LogP contribution >= 0.6 is 0 Å². The van der Waals surface area contributed by atoms with Crippen LogP contribution in [0.3, 0.4) is 0 Å². The Hall–Kier alpha value is -2.32. The molecule has 1 aliphatic carbocycles. The number of nitrogens with one attached hydrogen (secondary N) is 1. The van der Waals surface area contributed by atoms with Crippen LogP contribution in [0.1, 0.15) is 36.6 Å². The molecule has 2 aromatic rings. The molecule has 3 rings (SSSR count). The number of anilines is 1. The van der Waals surface area contributed by atoms with Crippen LogP contribution in [0.25, 0.3) is 0 Å². The number of amides is 1. The number of rotatable bonds is 5. The third kappa shape index (κ3) is 3.72. The molecule has 0 saturated heterocycles. The van der Waals surface area contributed by atoms with Crippen LogP contribution in [-0.4, -0.2) is 25.5 Å². The Kier molecular flexibility index (Phi) is 3.87. The van der Waals surface area contributed by atoms with Gasteiger partial charge in [0.1, 0.15) is 0 Å². The van der Waals surface area contributed by atoms with E-state index in [1.165, 1.54) is 4.68 Å². The number of nitrogens with zero attached hydrogens (tertiary/aromatic N) is 4. The Morgan fingerprint density at radius 1 is 1.39 bits per heavy atom. The van der Waals surface area contributed by atoms with E-state index in [4.69, 9.17) is 0 Å². The van der Waals surface area contributed by atoms with Crippen molar-refractivity contribution >= 4 is 11.7 Å². The number of alkyl halides is 3. The molecule has 9 heteroatoms. The summed E-state index contributed by atoms with van der Waals surface area (Å²) in [6, 6.07) is 2.73. The van der Waals surface area contributed by atoms with Gasteiger partial charge in [-0.2, -0.15) is 23.4 Å². The maximum atomic E-state index is 12.8. The third-order valence-corrected chi connectivity index (χ3v) is 3.63. The van der Waals surface area contributed by atoms with E-state index >= 15 is 0 Å². The molecule has 6 nitrogen and oxygen atoms in total. The molecule has 2 aromatic heterocycles. The highest BCUT2D eigenvalue weighted by Crippen LogP contribution is 2.42. The number of halogens is 3. The lowest BCUT2D eigenvalue weighted by Crippen LogP contribution is -2.17. The van der Waals surface area contributed by atoms with Crippen molar-refractivity contribution in [3.8, 4) is 0 Å². The van der Waals surface area contributed by atoms with Crippen LogP contribution in [-0.2, 0) is 24.6 Å². The largest absolute Gasteiger partial charge is 0.435 e. The number of aryl methyl sites for hydroxylation is 2. The first kappa shape index (κ1) is 15.6. The molecule has 0 aromatic carbocycles. The quantitative estimate of drug-likeness (QED) is 0.918. The molecule has 0 spiro atoms. The van der Waals surface area contributed by atoms with Crippen LogP contribution in [0.2, 0.25) is 0 Å². The fourth-order valence-electron chi connectivity index (χ4n) is 2.35. The molecule has 0 radical (unpaired) electrons. The van der Waals surface area contributed by atoms with E-state index in [1.807, 2.05) is 0 Å². The van der Waals surface area contributed by atoms with E-state index in [0.29, 0.717) is 11.5 Å². The van der Waals surface area contributed by atoms with Crippen LogP contribution in [0.4, 0.5) is 19.0 Å². The molecular formula is C14H16F3N5O. The molecule has 1 saturated carbocycles. The summed E-state index contributed by atoms with van der Waals surface area (Å²) in [5.74, 6) is 0.225. The zero-order valence-corrected chi connectivity index (χ0v) is 12.5. The van der Waals surface area contributed by atoms with E-state index in [2.05, 4.69) is 15.5 Å². The van der Waals surface area contributed by atoms with E-state index in [-0.39, 0.29) is 24.8 Å². The van der Waals surface area contributed by atoms with Crippen molar-refractivity contribution in [2.24, 2.45) is 7.05 Å².